The summed E-state index contributed by atoms with van der Waals surface area (Å²) < 4.78 is 5.30. The van der Waals surface area contributed by atoms with Crippen molar-refractivity contribution in [3.05, 3.63) is 39.8 Å². The largest absolute Gasteiger partial charge is 0.550 e. The smallest absolute Gasteiger partial charge is 0.341 e. The van der Waals surface area contributed by atoms with E-state index >= 15 is 0 Å². The van der Waals surface area contributed by atoms with E-state index in [1.807, 2.05) is 39.0 Å². The molecule has 0 bridgehead atoms. The fourth-order valence-electron chi connectivity index (χ4n) is 4.21. The molecule has 1 aliphatic carbocycles. The third kappa shape index (κ3) is 4.82. The van der Waals surface area contributed by atoms with Crippen LogP contribution in [0.1, 0.15) is 59.0 Å². The Hall–Kier alpha value is -2.67. The van der Waals surface area contributed by atoms with Crippen LogP contribution in [0, 0.1) is 32.6 Å². The fourth-order valence-corrected chi connectivity index (χ4v) is 5.27. The molecular formula is C24H28NO5S-. The molecule has 1 saturated carbocycles. The molecule has 2 atom stereocenters. The second-order valence-corrected chi connectivity index (χ2v) is 9.29. The maximum absolute atomic E-state index is 13.0. The molecule has 1 amide bonds. The second-order valence-electron chi connectivity index (χ2n) is 8.06. The number of ether oxygens (including phenoxy) is 1. The zero-order valence-corrected chi connectivity index (χ0v) is 19.2. The zero-order chi connectivity index (χ0) is 22.7. The van der Waals surface area contributed by atoms with Crippen LogP contribution < -0.4 is 10.4 Å². The number of carboxylic acid groups (broad SMARTS) is 1. The molecule has 1 aliphatic rings. The van der Waals surface area contributed by atoms with E-state index < -0.39 is 23.8 Å². The normalized spacial score (nSPS) is 18.5. The number of hydrogen-bond donors (Lipinski definition) is 1. The Morgan fingerprint density at radius 1 is 1.10 bits per heavy atom. The first-order valence-corrected chi connectivity index (χ1v) is 11.5. The quantitative estimate of drug-likeness (QED) is 0.682. The van der Waals surface area contributed by atoms with Crippen LogP contribution in [0.25, 0.3) is 11.1 Å². The van der Waals surface area contributed by atoms with Crippen molar-refractivity contribution in [3.63, 3.8) is 0 Å². The molecule has 3 rings (SSSR count). The van der Waals surface area contributed by atoms with Gasteiger partial charge in [-0.1, -0.05) is 31.0 Å². The highest BCUT2D eigenvalue weighted by Gasteiger charge is 2.33. The van der Waals surface area contributed by atoms with Gasteiger partial charge in [0.05, 0.1) is 6.61 Å². The molecule has 0 unspecified atom stereocenters. The number of carbonyl (C=O) groups excluding carboxylic acids is 3. The number of rotatable bonds is 6. The second kappa shape index (κ2) is 9.64. The summed E-state index contributed by atoms with van der Waals surface area (Å²) in [6.45, 7) is 7.88. The molecule has 1 heterocycles. The van der Waals surface area contributed by atoms with Crippen LogP contribution in [0.2, 0.25) is 0 Å². The zero-order valence-electron chi connectivity index (χ0n) is 18.4. The van der Waals surface area contributed by atoms with Gasteiger partial charge in [0.15, 0.2) is 0 Å². The average molecular weight is 443 g/mol. The molecule has 7 heteroatoms. The molecule has 0 spiro atoms. The van der Waals surface area contributed by atoms with Crippen molar-refractivity contribution in [1.29, 1.82) is 0 Å². The highest BCUT2D eigenvalue weighted by molar-refractivity contribution is 7.17. The Labute approximate surface area is 186 Å². The fraction of sp³-hybridized carbons (Fsp3) is 0.458. The van der Waals surface area contributed by atoms with Gasteiger partial charge in [-0.2, -0.15) is 0 Å². The summed E-state index contributed by atoms with van der Waals surface area (Å²) in [5.74, 6) is -3.55. The summed E-state index contributed by atoms with van der Waals surface area (Å²) in [5, 5.41) is 14.8. The van der Waals surface area contributed by atoms with Crippen molar-refractivity contribution in [3.8, 4) is 11.1 Å². The lowest BCUT2D eigenvalue weighted by atomic mass is 9.78. The van der Waals surface area contributed by atoms with Crippen LogP contribution >= 0.6 is 11.3 Å². The number of nitrogens with one attached hydrogen (secondary N) is 1. The molecular weight excluding hydrogens is 414 g/mol. The van der Waals surface area contributed by atoms with Crippen molar-refractivity contribution < 1.29 is 24.2 Å². The lowest BCUT2D eigenvalue weighted by Gasteiger charge is -2.31. The Morgan fingerprint density at radius 2 is 1.77 bits per heavy atom. The van der Waals surface area contributed by atoms with Gasteiger partial charge in [0.25, 0.3) is 0 Å². The first kappa shape index (κ1) is 23.0. The SMILES string of the molecule is CCOC(=O)c1c(NC(=O)[C@@H]2CCCC[C@H]2C(=O)[O-])sc(C)c1-c1ccc(C)c(C)c1. The Morgan fingerprint density at radius 3 is 2.39 bits per heavy atom. The molecule has 1 aromatic heterocycles. The summed E-state index contributed by atoms with van der Waals surface area (Å²) in [4.78, 5) is 38.3. The van der Waals surface area contributed by atoms with Gasteiger partial charge in [-0.3, -0.25) is 4.79 Å². The number of thiophene rings is 1. The van der Waals surface area contributed by atoms with Crippen molar-refractivity contribution in [1.82, 2.24) is 0 Å². The number of anilines is 1. The van der Waals surface area contributed by atoms with E-state index in [9.17, 15) is 19.5 Å². The van der Waals surface area contributed by atoms with E-state index in [4.69, 9.17) is 4.74 Å². The van der Waals surface area contributed by atoms with Crippen LogP contribution in [0.4, 0.5) is 5.00 Å². The van der Waals surface area contributed by atoms with E-state index in [0.29, 0.717) is 23.4 Å². The number of benzene rings is 1. The number of hydrogen-bond acceptors (Lipinski definition) is 6. The number of carboxylic acids is 1. The molecule has 1 N–H and O–H groups in total. The summed E-state index contributed by atoms with van der Waals surface area (Å²) in [6.07, 6.45) is 2.49. The van der Waals surface area contributed by atoms with Crippen molar-refractivity contribution in [2.75, 3.05) is 11.9 Å². The van der Waals surface area contributed by atoms with E-state index in [-0.39, 0.29) is 12.5 Å². The Bertz CT molecular complexity index is 1010. The first-order valence-electron chi connectivity index (χ1n) is 10.6. The minimum atomic E-state index is -1.19. The van der Waals surface area contributed by atoms with Gasteiger partial charge < -0.3 is 20.0 Å². The Kier molecular flexibility index (Phi) is 7.15. The van der Waals surface area contributed by atoms with Gasteiger partial charge in [-0.25, -0.2) is 4.79 Å². The van der Waals surface area contributed by atoms with Gasteiger partial charge in [-0.15, -0.1) is 11.3 Å². The molecule has 0 radical (unpaired) electrons. The summed E-state index contributed by atoms with van der Waals surface area (Å²) >= 11 is 1.31. The van der Waals surface area contributed by atoms with Crippen molar-refractivity contribution in [2.45, 2.75) is 53.4 Å². The molecule has 0 aliphatic heterocycles. The molecule has 0 saturated heterocycles. The van der Waals surface area contributed by atoms with Gasteiger partial charge in [0, 0.05) is 28.2 Å². The van der Waals surface area contributed by atoms with E-state index in [0.717, 1.165) is 40.0 Å². The van der Waals surface area contributed by atoms with E-state index in [1.54, 1.807) is 6.92 Å². The highest BCUT2D eigenvalue weighted by Crippen LogP contribution is 2.41. The van der Waals surface area contributed by atoms with E-state index in [2.05, 4.69) is 5.32 Å². The average Bonchev–Trinajstić information content (AvgIpc) is 3.05. The summed E-state index contributed by atoms with van der Waals surface area (Å²) in [6, 6.07) is 5.98. The van der Waals surface area contributed by atoms with Gasteiger partial charge in [-0.05, 0) is 57.2 Å². The third-order valence-corrected chi connectivity index (χ3v) is 7.02. The number of esters is 1. The van der Waals surface area contributed by atoms with Crippen LogP contribution in [-0.2, 0) is 14.3 Å². The van der Waals surface area contributed by atoms with Gasteiger partial charge in [0.2, 0.25) is 5.91 Å². The molecule has 1 fully saturated rings. The third-order valence-electron chi connectivity index (χ3n) is 6.00. The number of aliphatic carboxylic acids is 1. The standard InChI is InChI=1S/C24H29NO5S/c1-5-30-24(29)20-19(16-11-10-13(2)14(3)12-16)15(4)31-22(20)25-21(26)17-8-6-7-9-18(17)23(27)28/h10-12,17-18H,5-9H2,1-4H3,(H,25,26)(H,27,28)/p-1/t17-,18-/m1/s1. The summed E-state index contributed by atoms with van der Waals surface area (Å²) in [7, 11) is 0. The van der Waals surface area contributed by atoms with Gasteiger partial charge in [0.1, 0.15) is 10.6 Å². The topological polar surface area (TPSA) is 95.5 Å². The van der Waals surface area contributed by atoms with E-state index in [1.165, 1.54) is 11.3 Å². The highest BCUT2D eigenvalue weighted by atomic mass is 32.1. The maximum Gasteiger partial charge on any atom is 0.341 e. The summed E-state index contributed by atoms with van der Waals surface area (Å²) in [5.41, 5.74) is 4.19. The monoisotopic (exact) mass is 442 g/mol. The van der Waals surface area contributed by atoms with Crippen LogP contribution in [0.5, 0.6) is 0 Å². The number of carbonyl (C=O) groups is 3. The molecule has 1 aromatic carbocycles. The van der Waals surface area contributed by atoms with Crippen LogP contribution in [0.3, 0.4) is 0 Å². The Balaban J connectivity index is 2.02. The minimum absolute atomic E-state index is 0.211. The lowest BCUT2D eigenvalue weighted by Crippen LogP contribution is -2.42. The van der Waals surface area contributed by atoms with Crippen molar-refractivity contribution >= 4 is 34.2 Å². The number of aryl methyl sites for hydroxylation is 3. The maximum atomic E-state index is 13.0. The first-order chi connectivity index (χ1) is 14.7. The number of amides is 1. The predicted molar refractivity (Wildman–Crippen MR) is 119 cm³/mol. The van der Waals surface area contributed by atoms with Crippen LogP contribution in [0.15, 0.2) is 18.2 Å². The lowest BCUT2D eigenvalue weighted by molar-refractivity contribution is -0.313. The van der Waals surface area contributed by atoms with Gasteiger partial charge >= 0.3 is 5.97 Å². The minimum Gasteiger partial charge on any atom is -0.550 e. The van der Waals surface area contributed by atoms with Crippen LogP contribution in [-0.4, -0.2) is 24.5 Å². The molecule has 31 heavy (non-hydrogen) atoms. The predicted octanol–water partition coefficient (Wildman–Crippen LogP) is 4.01. The molecule has 6 nitrogen and oxygen atoms in total. The van der Waals surface area contributed by atoms with Crippen molar-refractivity contribution in [2.24, 2.45) is 11.8 Å². The molecule has 2 aromatic rings. The molecule has 166 valence electrons.